The number of rotatable bonds is 12. The molecule has 0 radical (unpaired) electrons. The van der Waals surface area contributed by atoms with E-state index in [9.17, 15) is 19.2 Å². The number of nitrogens with zero attached hydrogens (tertiary/aromatic N) is 3. The van der Waals surface area contributed by atoms with Gasteiger partial charge in [-0.05, 0) is 31.4 Å². The summed E-state index contributed by atoms with van der Waals surface area (Å²) in [6.07, 6.45) is 1.92. The predicted molar refractivity (Wildman–Crippen MR) is 139 cm³/mol. The molecule has 1 aromatic heterocycles. The van der Waals surface area contributed by atoms with Crippen molar-refractivity contribution in [2.75, 3.05) is 62.6 Å². The van der Waals surface area contributed by atoms with Crippen LogP contribution >= 0.6 is 11.8 Å². The Morgan fingerprint density at radius 2 is 1.91 bits per heavy atom. The molecule has 0 fully saturated rings. The van der Waals surface area contributed by atoms with Crippen molar-refractivity contribution in [1.82, 2.24) is 14.5 Å². The lowest BCUT2D eigenvalue weighted by atomic mass is 10.2. The lowest BCUT2D eigenvalue weighted by Gasteiger charge is -2.26. The first-order valence-corrected chi connectivity index (χ1v) is 12.3. The van der Waals surface area contributed by atoms with Crippen molar-refractivity contribution in [3.05, 3.63) is 45.1 Å². The first-order chi connectivity index (χ1) is 16.6. The summed E-state index contributed by atoms with van der Waals surface area (Å²) in [6.45, 7) is 4.06. The topological polar surface area (TPSA) is 143 Å². The SMILES string of the molecule is COCCN(C(=O)CN(C)CC(=O)Nc1ccccc1SC)c1c(N)n(CC(C)C)c(=O)[nH]c1=O. The molecule has 1 aromatic carbocycles. The fourth-order valence-electron chi connectivity index (χ4n) is 3.48. The normalized spacial score (nSPS) is 11.2. The zero-order valence-electron chi connectivity index (χ0n) is 20.8. The van der Waals surface area contributed by atoms with Crippen LogP contribution in [0, 0.1) is 5.92 Å². The second-order valence-corrected chi connectivity index (χ2v) is 9.30. The van der Waals surface area contributed by atoms with Gasteiger partial charge in [-0.1, -0.05) is 26.0 Å². The van der Waals surface area contributed by atoms with Crippen LogP contribution in [0.15, 0.2) is 38.8 Å². The second-order valence-electron chi connectivity index (χ2n) is 8.46. The Morgan fingerprint density at radius 3 is 2.54 bits per heavy atom. The lowest BCUT2D eigenvalue weighted by molar-refractivity contribution is -0.121. The summed E-state index contributed by atoms with van der Waals surface area (Å²) in [7, 11) is 3.10. The monoisotopic (exact) mass is 506 g/mol. The number of hydrogen-bond acceptors (Lipinski definition) is 8. The molecule has 0 saturated heterocycles. The zero-order valence-corrected chi connectivity index (χ0v) is 21.6. The fourth-order valence-corrected chi connectivity index (χ4v) is 4.04. The van der Waals surface area contributed by atoms with Gasteiger partial charge in [-0.15, -0.1) is 11.8 Å². The molecule has 0 atom stereocenters. The van der Waals surface area contributed by atoms with Crippen molar-refractivity contribution in [1.29, 1.82) is 0 Å². The third-order valence-corrected chi connectivity index (χ3v) is 5.85. The Labute approximate surface area is 208 Å². The molecule has 4 N–H and O–H groups in total. The highest BCUT2D eigenvalue weighted by Gasteiger charge is 2.25. The molecule has 192 valence electrons. The molecular weight excluding hydrogens is 472 g/mol. The highest BCUT2D eigenvalue weighted by atomic mass is 32.2. The number of thioether (sulfide) groups is 1. The van der Waals surface area contributed by atoms with Gasteiger partial charge in [-0.25, -0.2) is 4.79 Å². The molecule has 0 bridgehead atoms. The summed E-state index contributed by atoms with van der Waals surface area (Å²) in [5.74, 6) is -0.759. The highest BCUT2D eigenvalue weighted by molar-refractivity contribution is 7.98. The van der Waals surface area contributed by atoms with Crippen molar-refractivity contribution in [2.24, 2.45) is 5.92 Å². The Balaban J connectivity index is 2.22. The molecule has 0 unspecified atom stereocenters. The molecule has 1 heterocycles. The van der Waals surface area contributed by atoms with E-state index in [4.69, 9.17) is 10.5 Å². The van der Waals surface area contributed by atoms with Crippen LogP contribution in [0.4, 0.5) is 17.2 Å². The number of nitrogen functional groups attached to an aromatic ring is 1. The maximum absolute atomic E-state index is 13.2. The molecule has 0 saturated carbocycles. The Morgan fingerprint density at radius 1 is 1.23 bits per heavy atom. The van der Waals surface area contributed by atoms with Gasteiger partial charge in [0.2, 0.25) is 11.8 Å². The van der Waals surface area contributed by atoms with E-state index in [1.807, 2.05) is 44.4 Å². The van der Waals surface area contributed by atoms with E-state index in [0.717, 1.165) is 4.90 Å². The number of hydrogen-bond donors (Lipinski definition) is 3. The minimum absolute atomic E-state index is 0.0453. The molecule has 2 aromatic rings. The molecule has 2 amide bonds. The standard InChI is InChI=1S/C23H34N6O5S/c1-15(2)12-29-21(24)20(22(32)26-23(29)33)28(10-11-34-4)19(31)14-27(3)13-18(30)25-16-8-6-7-9-17(16)35-5/h6-9,15H,10-14,24H2,1-5H3,(H,25,30)(H,26,32,33). The molecule has 12 heteroatoms. The van der Waals surface area contributed by atoms with Crippen LogP contribution < -0.4 is 27.2 Å². The lowest BCUT2D eigenvalue weighted by Crippen LogP contribution is -2.46. The first-order valence-electron chi connectivity index (χ1n) is 11.1. The summed E-state index contributed by atoms with van der Waals surface area (Å²) >= 11 is 1.51. The van der Waals surface area contributed by atoms with Crippen LogP contribution in [0.3, 0.4) is 0 Å². The summed E-state index contributed by atoms with van der Waals surface area (Å²) in [5.41, 5.74) is 5.38. The number of methoxy groups -OCH3 is 1. The number of carbonyl (C=O) groups is 2. The molecular formula is C23H34N6O5S. The van der Waals surface area contributed by atoms with Crippen molar-refractivity contribution < 1.29 is 14.3 Å². The van der Waals surface area contributed by atoms with E-state index in [2.05, 4.69) is 10.3 Å². The smallest absolute Gasteiger partial charge is 0.330 e. The Kier molecular flexibility index (Phi) is 10.6. The number of aromatic nitrogens is 2. The van der Waals surface area contributed by atoms with Crippen LogP contribution in [0.25, 0.3) is 0 Å². The van der Waals surface area contributed by atoms with Crippen molar-refractivity contribution in [3.8, 4) is 0 Å². The molecule has 2 rings (SSSR count). The summed E-state index contributed by atoms with van der Waals surface area (Å²) in [4.78, 5) is 56.7. The van der Waals surface area contributed by atoms with Gasteiger partial charge in [0.15, 0.2) is 5.69 Å². The number of H-pyrrole nitrogens is 1. The van der Waals surface area contributed by atoms with E-state index in [-0.39, 0.29) is 56.1 Å². The zero-order chi connectivity index (χ0) is 26.1. The second kappa shape index (κ2) is 13.1. The number of carbonyl (C=O) groups excluding carboxylic acids is 2. The van der Waals surface area contributed by atoms with Crippen LogP contribution in [0.2, 0.25) is 0 Å². The van der Waals surface area contributed by atoms with Gasteiger partial charge >= 0.3 is 5.69 Å². The fraction of sp³-hybridized carbons (Fsp3) is 0.478. The average Bonchev–Trinajstić information content (AvgIpc) is 2.78. The molecule has 11 nitrogen and oxygen atoms in total. The highest BCUT2D eigenvalue weighted by Crippen LogP contribution is 2.24. The largest absolute Gasteiger partial charge is 0.383 e. The Bertz CT molecular complexity index is 1150. The van der Waals surface area contributed by atoms with E-state index in [1.165, 1.54) is 33.2 Å². The third-order valence-electron chi connectivity index (χ3n) is 5.05. The predicted octanol–water partition coefficient (Wildman–Crippen LogP) is 1.05. The van der Waals surface area contributed by atoms with Crippen LogP contribution in [-0.2, 0) is 20.9 Å². The van der Waals surface area contributed by atoms with E-state index in [0.29, 0.717) is 5.69 Å². The number of para-hydroxylation sites is 1. The summed E-state index contributed by atoms with van der Waals surface area (Å²) < 4.78 is 6.35. The van der Waals surface area contributed by atoms with E-state index in [1.54, 1.807) is 7.05 Å². The minimum Gasteiger partial charge on any atom is -0.383 e. The molecule has 35 heavy (non-hydrogen) atoms. The molecule has 0 aliphatic carbocycles. The first kappa shape index (κ1) is 28.1. The van der Waals surface area contributed by atoms with E-state index < -0.39 is 17.2 Å². The third kappa shape index (κ3) is 7.70. The number of nitrogens with one attached hydrogen (secondary N) is 2. The number of aromatic amines is 1. The number of amides is 2. The van der Waals surface area contributed by atoms with Crippen LogP contribution in [0.5, 0.6) is 0 Å². The van der Waals surface area contributed by atoms with Gasteiger partial charge in [0.1, 0.15) is 5.82 Å². The summed E-state index contributed by atoms with van der Waals surface area (Å²) in [5, 5.41) is 2.85. The molecule has 0 spiro atoms. The van der Waals surface area contributed by atoms with Crippen molar-refractivity contribution >= 4 is 40.8 Å². The van der Waals surface area contributed by atoms with Gasteiger partial charge < -0.3 is 20.7 Å². The average molecular weight is 507 g/mol. The maximum atomic E-state index is 13.2. The summed E-state index contributed by atoms with van der Waals surface area (Å²) in [6, 6.07) is 7.43. The minimum atomic E-state index is -0.758. The van der Waals surface area contributed by atoms with Crippen molar-refractivity contribution in [2.45, 2.75) is 25.3 Å². The number of anilines is 3. The van der Waals surface area contributed by atoms with Gasteiger partial charge in [0, 0.05) is 25.1 Å². The quantitative estimate of drug-likeness (QED) is 0.363. The van der Waals surface area contributed by atoms with Crippen molar-refractivity contribution in [3.63, 3.8) is 0 Å². The number of likely N-dealkylation sites (N-methyl/N-ethyl adjacent to an activating group) is 1. The van der Waals surface area contributed by atoms with Crippen LogP contribution in [-0.4, -0.2) is 72.9 Å². The number of benzene rings is 1. The number of nitrogens with two attached hydrogens (primary N) is 1. The number of ether oxygens (including phenoxy) is 1. The van der Waals surface area contributed by atoms with E-state index >= 15 is 0 Å². The van der Waals surface area contributed by atoms with Gasteiger partial charge in [0.25, 0.3) is 5.56 Å². The van der Waals surface area contributed by atoms with Gasteiger partial charge in [-0.2, -0.15) is 0 Å². The van der Waals surface area contributed by atoms with Gasteiger partial charge in [0.05, 0.1) is 25.4 Å². The Hall–Kier alpha value is -3.09. The molecule has 0 aliphatic rings. The van der Waals surface area contributed by atoms with Gasteiger partial charge in [-0.3, -0.25) is 28.8 Å². The molecule has 0 aliphatic heterocycles. The van der Waals surface area contributed by atoms with Crippen LogP contribution in [0.1, 0.15) is 13.8 Å². The maximum Gasteiger partial charge on any atom is 0.330 e.